The first-order chi connectivity index (χ1) is 17.2. The number of methoxy groups -OCH3 is 1. The maximum Gasteiger partial charge on any atom is 0.311 e. The van der Waals surface area contributed by atoms with Crippen LogP contribution in [0.15, 0.2) is 72.8 Å². The van der Waals surface area contributed by atoms with Gasteiger partial charge in [-0.3, -0.25) is 15.0 Å². The van der Waals surface area contributed by atoms with E-state index in [1.807, 2.05) is 56.3 Å². The Morgan fingerprint density at radius 2 is 1.58 bits per heavy atom. The van der Waals surface area contributed by atoms with Crippen molar-refractivity contribution in [1.29, 1.82) is 5.41 Å². The van der Waals surface area contributed by atoms with E-state index >= 15 is 0 Å². The summed E-state index contributed by atoms with van der Waals surface area (Å²) in [6.45, 7) is 4.38. The predicted molar refractivity (Wildman–Crippen MR) is 143 cm³/mol. The smallest absolute Gasteiger partial charge is 0.311 e. The van der Waals surface area contributed by atoms with E-state index in [2.05, 4.69) is 5.32 Å². The topological polar surface area (TPSA) is 131 Å². The second-order valence-electron chi connectivity index (χ2n) is 9.17. The zero-order valence-corrected chi connectivity index (χ0v) is 21.0. The fourth-order valence-corrected chi connectivity index (χ4v) is 4.29. The number of amidine groups is 1. The van der Waals surface area contributed by atoms with Gasteiger partial charge in [-0.25, -0.2) is 0 Å². The number of carbonyl (C=O) groups excluding carboxylic acids is 2. The van der Waals surface area contributed by atoms with Crippen LogP contribution in [0.3, 0.4) is 0 Å². The number of hydrogen-bond acceptors (Lipinski definition) is 5. The summed E-state index contributed by atoms with van der Waals surface area (Å²) in [6, 6.07) is 22.1. The van der Waals surface area contributed by atoms with Gasteiger partial charge in [0.1, 0.15) is 5.84 Å². The number of rotatable bonds is 10. The number of ether oxygens (including phenoxy) is 1. The Morgan fingerprint density at radius 3 is 2.19 bits per heavy atom. The molecular weight excluding hydrogens is 452 g/mol. The van der Waals surface area contributed by atoms with Crippen LogP contribution in [0.2, 0.25) is 0 Å². The molecule has 0 aliphatic carbocycles. The van der Waals surface area contributed by atoms with Crippen molar-refractivity contribution in [2.24, 2.45) is 23.3 Å². The van der Waals surface area contributed by atoms with Crippen LogP contribution in [0.1, 0.15) is 40.9 Å². The highest BCUT2D eigenvalue weighted by atomic mass is 16.5. The van der Waals surface area contributed by atoms with Crippen molar-refractivity contribution in [1.82, 2.24) is 5.32 Å². The van der Waals surface area contributed by atoms with Crippen LogP contribution in [0.4, 0.5) is 0 Å². The largest absolute Gasteiger partial charge is 0.469 e. The lowest BCUT2D eigenvalue weighted by molar-refractivity contribution is -0.146. The van der Waals surface area contributed by atoms with E-state index < -0.39 is 17.9 Å². The van der Waals surface area contributed by atoms with E-state index in [-0.39, 0.29) is 17.7 Å². The van der Waals surface area contributed by atoms with Crippen LogP contribution in [-0.2, 0) is 22.5 Å². The van der Waals surface area contributed by atoms with Gasteiger partial charge in [0.25, 0.3) is 5.91 Å². The van der Waals surface area contributed by atoms with Gasteiger partial charge in [0.05, 0.1) is 13.0 Å². The summed E-state index contributed by atoms with van der Waals surface area (Å²) < 4.78 is 5.10. The van der Waals surface area contributed by atoms with Crippen molar-refractivity contribution in [2.45, 2.75) is 32.9 Å². The van der Waals surface area contributed by atoms with Gasteiger partial charge in [0.2, 0.25) is 0 Å². The molecule has 0 saturated carbocycles. The van der Waals surface area contributed by atoms with Crippen LogP contribution in [-0.4, -0.2) is 30.9 Å². The molecule has 3 aromatic carbocycles. The van der Waals surface area contributed by atoms with Gasteiger partial charge in [-0.15, -0.1) is 0 Å². The summed E-state index contributed by atoms with van der Waals surface area (Å²) in [6.07, 6.45) is 0.341. The third-order valence-corrected chi connectivity index (χ3v) is 6.29. The lowest BCUT2D eigenvalue weighted by Crippen LogP contribution is -2.47. The van der Waals surface area contributed by atoms with Gasteiger partial charge < -0.3 is 21.5 Å². The molecule has 6 N–H and O–H groups in total. The van der Waals surface area contributed by atoms with Crippen LogP contribution >= 0.6 is 0 Å². The molecule has 7 nitrogen and oxygen atoms in total. The number of nitrogens with one attached hydrogen (secondary N) is 2. The van der Waals surface area contributed by atoms with Gasteiger partial charge in [-0.1, -0.05) is 62.4 Å². The molecule has 0 aromatic heterocycles. The third-order valence-electron chi connectivity index (χ3n) is 6.29. The zero-order valence-electron chi connectivity index (χ0n) is 21.0. The Labute approximate surface area is 212 Å². The number of benzene rings is 3. The van der Waals surface area contributed by atoms with Crippen molar-refractivity contribution in [3.05, 3.63) is 95.1 Å². The predicted octanol–water partition coefficient (Wildman–Crippen LogP) is 3.88. The fourth-order valence-electron chi connectivity index (χ4n) is 4.29. The maximum absolute atomic E-state index is 13.2. The van der Waals surface area contributed by atoms with Crippen LogP contribution in [0, 0.1) is 17.2 Å². The van der Waals surface area contributed by atoms with Crippen molar-refractivity contribution >= 4 is 17.7 Å². The number of esters is 1. The van der Waals surface area contributed by atoms with Gasteiger partial charge >= 0.3 is 5.97 Å². The van der Waals surface area contributed by atoms with Gasteiger partial charge in [-0.05, 0) is 58.9 Å². The summed E-state index contributed by atoms with van der Waals surface area (Å²) in [4.78, 5) is 26.0. The number of carbonyl (C=O) groups is 2. The molecule has 0 spiro atoms. The molecule has 188 valence electrons. The quantitative estimate of drug-likeness (QED) is 0.196. The molecule has 0 radical (unpaired) electrons. The molecule has 36 heavy (non-hydrogen) atoms. The van der Waals surface area contributed by atoms with E-state index in [0.717, 1.165) is 22.3 Å². The lowest BCUT2D eigenvalue weighted by Gasteiger charge is -2.29. The first-order valence-corrected chi connectivity index (χ1v) is 11.9. The highest BCUT2D eigenvalue weighted by Gasteiger charge is 2.33. The van der Waals surface area contributed by atoms with Crippen LogP contribution in [0.5, 0.6) is 0 Å². The van der Waals surface area contributed by atoms with E-state index in [4.69, 9.17) is 21.6 Å². The first-order valence-electron chi connectivity index (χ1n) is 11.9. The van der Waals surface area contributed by atoms with E-state index in [1.54, 1.807) is 30.3 Å². The number of nitrogen functional groups attached to an aromatic ring is 1. The van der Waals surface area contributed by atoms with E-state index in [9.17, 15) is 9.59 Å². The van der Waals surface area contributed by atoms with Crippen molar-refractivity contribution in [2.75, 3.05) is 7.11 Å². The normalized spacial score (nSPS) is 12.6. The molecule has 0 fully saturated rings. The second kappa shape index (κ2) is 12.1. The molecule has 0 heterocycles. The summed E-state index contributed by atoms with van der Waals surface area (Å²) in [5, 5.41) is 10.7. The lowest BCUT2D eigenvalue weighted by atomic mass is 9.85. The molecule has 1 amide bonds. The molecule has 0 unspecified atom stereocenters. The Balaban J connectivity index is 1.81. The van der Waals surface area contributed by atoms with Gasteiger partial charge in [0, 0.05) is 23.7 Å². The molecular formula is C29H34N4O3. The van der Waals surface area contributed by atoms with Crippen molar-refractivity contribution in [3.8, 4) is 11.1 Å². The monoisotopic (exact) mass is 486 g/mol. The number of hydrogen-bond donors (Lipinski definition) is 4. The van der Waals surface area contributed by atoms with E-state index in [0.29, 0.717) is 24.1 Å². The summed E-state index contributed by atoms with van der Waals surface area (Å²) in [5.74, 6) is -1.36. The van der Waals surface area contributed by atoms with Gasteiger partial charge in [0.15, 0.2) is 0 Å². The average molecular weight is 487 g/mol. The Bertz CT molecular complexity index is 1220. The molecule has 0 bridgehead atoms. The van der Waals surface area contributed by atoms with Crippen molar-refractivity contribution in [3.63, 3.8) is 0 Å². The number of amides is 1. The zero-order chi connectivity index (χ0) is 26.2. The second-order valence-corrected chi connectivity index (χ2v) is 9.17. The van der Waals surface area contributed by atoms with Crippen LogP contribution < -0.4 is 16.8 Å². The molecule has 7 heteroatoms. The third kappa shape index (κ3) is 6.58. The Morgan fingerprint density at radius 1 is 0.917 bits per heavy atom. The highest BCUT2D eigenvalue weighted by Crippen LogP contribution is 2.23. The minimum absolute atomic E-state index is 0.0349. The first kappa shape index (κ1) is 26.6. The summed E-state index contributed by atoms with van der Waals surface area (Å²) in [7, 11) is 1.35. The summed E-state index contributed by atoms with van der Waals surface area (Å²) in [5.41, 5.74) is 16.4. The Kier molecular flexibility index (Phi) is 8.97. The minimum atomic E-state index is -0.612. The molecule has 0 aliphatic rings. The van der Waals surface area contributed by atoms with Crippen LogP contribution in [0.25, 0.3) is 11.1 Å². The SMILES string of the molecule is COC(=O)[C@H](Cc1cccc(C(=N)N)c1)[C@H](NC(=O)c1ccc(-c2cccc(CN)c2)cc1)C(C)C. The number of nitrogens with two attached hydrogens (primary N) is 2. The van der Waals surface area contributed by atoms with E-state index in [1.165, 1.54) is 7.11 Å². The minimum Gasteiger partial charge on any atom is -0.469 e. The van der Waals surface area contributed by atoms with Crippen molar-refractivity contribution < 1.29 is 14.3 Å². The fraction of sp³-hybridized carbons (Fsp3) is 0.276. The molecule has 3 aromatic rings. The average Bonchev–Trinajstić information content (AvgIpc) is 2.90. The standard InChI is InChI=1S/C29H34N4O3/c1-18(2)26(25(29(35)36-3)16-19-6-4-9-24(14-19)27(31)32)33-28(34)22-12-10-21(11-13-22)23-8-5-7-20(15-23)17-30/h4-15,18,25-26H,16-17,30H2,1-3H3,(H3,31,32)(H,33,34)/t25-,26-/m1/s1. The molecule has 3 rings (SSSR count). The molecule has 0 saturated heterocycles. The maximum atomic E-state index is 13.2. The Hall–Kier alpha value is -3.97. The molecule has 2 atom stereocenters. The summed E-state index contributed by atoms with van der Waals surface area (Å²) >= 11 is 0. The van der Waals surface area contributed by atoms with Gasteiger partial charge in [-0.2, -0.15) is 0 Å². The highest BCUT2D eigenvalue weighted by molar-refractivity contribution is 5.96. The molecule has 0 aliphatic heterocycles.